The van der Waals surface area contributed by atoms with E-state index in [1.54, 1.807) is 54.6 Å². The summed E-state index contributed by atoms with van der Waals surface area (Å²) in [6.07, 6.45) is -1.19. The molecule has 0 aliphatic heterocycles. The summed E-state index contributed by atoms with van der Waals surface area (Å²) in [7, 11) is 0. The highest BCUT2D eigenvalue weighted by Gasteiger charge is 2.32. The van der Waals surface area contributed by atoms with Crippen LogP contribution in [0.2, 0.25) is 0 Å². The predicted octanol–water partition coefficient (Wildman–Crippen LogP) is -0.351. The molecule has 7 N–H and O–H groups in total. The lowest BCUT2D eigenvalue weighted by Gasteiger charge is -2.26. The smallest absolute Gasteiger partial charge is 0.328 e. The Bertz CT molecular complexity index is 1020. The first kappa shape index (κ1) is 28.8. The number of benzene rings is 2. The first-order valence-electron chi connectivity index (χ1n) is 11.4. The van der Waals surface area contributed by atoms with E-state index in [2.05, 4.69) is 28.6 Å². The second kappa shape index (κ2) is 14.2. The number of carboxylic acids is 1. The number of aliphatic carboxylic acids is 1. The summed E-state index contributed by atoms with van der Waals surface area (Å²) in [4.78, 5) is 50.3. The SMILES string of the molecule is CC(O)C(NC(=O)C(Cc1ccccc1)NC(=O)C(Cc1ccccc1)NC(=O)C(N)CS)C(=O)O. The summed E-state index contributed by atoms with van der Waals surface area (Å²) in [5, 5.41) is 26.6. The van der Waals surface area contributed by atoms with Crippen molar-refractivity contribution in [1.82, 2.24) is 16.0 Å². The molecule has 0 aliphatic rings. The second-order valence-electron chi connectivity index (χ2n) is 8.36. The van der Waals surface area contributed by atoms with Gasteiger partial charge in [0.1, 0.15) is 12.1 Å². The lowest BCUT2D eigenvalue weighted by atomic mass is 10.0. The van der Waals surface area contributed by atoms with Crippen molar-refractivity contribution in [3.63, 3.8) is 0 Å². The minimum absolute atomic E-state index is 0.0483. The summed E-state index contributed by atoms with van der Waals surface area (Å²) in [6.45, 7) is 1.24. The molecule has 0 aromatic heterocycles. The van der Waals surface area contributed by atoms with Crippen LogP contribution in [0, 0.1) is 0 Å². The quantitative estimate of drug-likeness (QED) is 0.178. The van der Waals surface area contributed by atoms with Gasteiger partial charge in [-0.15, -0.1) is 0 Å². The molecule has 3 amide bonds. The average molecular weight is 517 g/mol. The number of carbonyl (C=O) groups excluding carboxylic acids is 3. The third-order valence-electron chi connectivity index (χ3n) is 5.41. The Labute approximate surface area is 215 Å². The molecular weight excluding hydrogens is 484 g/mol. The van der Waals surface area contributed by atoms with Crippen molar-refractivity contribution >= 4 is 36.3 Å². The Morgan fingerprint density at radius 3 is 1.61 bits per heavy atom. The van der Waals surface area contributed by atoms with Gasteiger partial charge in [-0.3, -0.25) is 14.4 Å². The highest BCUT2D eigenvalue weighted by Crippen LogP contribution is 2.08. The molecule has 10 nitrogen and oxygen atoms in total. The molecule has 0 aliphatic carbocycles. The van der Waals surface area contributed by atoms with E-state index >= 15 is 0 Å². The third kappa shape index (κ3) is 8.99. The summed E-state index contributed by atoms with van der Waals surface area (Å²) < 4.78 is 0. The van der Waals surface area contributed by atoms with Gasteiger partial charge in [0.05, 0.1) is 12.1 Å². The van der Waals surface area contributed by atoms with Gasteiger partial charge in [0, 0.05) is 18.6 Å². The number of carbonyl (C=O) groups is 4. The Balaban J connectivity index is 2.29. The van der Waals surface area contributed by atoms with Crippen LogP contribution >= 0.6 is 12.6 Å². The molecule has 2 aromatic rings. The molecule has 2 rings (SSSR count). The minimum Gasteiger partial charge on any atom is -0.480 e. The van der Waals surface area contributed by atoms with Crippen LogP contribution in [-0.4, -0.2) is 69.9 Å². The number of amides is 3. The number of carboxylic acid groups (broad SMARTS) is 1. The highest BCUT2D eigenvalue weighted by molar-refractivity contribution is 7.80. The van der Waals surface area contributed by atoms with E-state index in [1.807, 2.05) is 6.07 Å². The fraction of sp³-hybridized carbons (Fsp3) is 0.360. The van der Waals surface area contributed by atoms with Gasteiger partial charge in [-0.1, -0.05) is 60.7 Å². The lowest BCUT2D eigenvalue weighted by Crippen LogP contribution is -2.59. The van der Waals surface area contributed by atoms with E-state index in [4.69, 9.17) is 5.73 Å². The number of rotatable bonds is 13. The number of nitrogens with one attached hydrogen (secondary N) is 3. The monoisotopic (exact) mass is 516 g/mol. The Morgan fingerprint density at radius 2 is 1.22 bits per heavy atom. The first-order chi connectivity index (χ1) is 17.1. The van der Waals surface area contributed by atoms with E-state index in [9.17, 15) is 29.4 Å². The molecule has 0 saturated carbocycles. The van der Waals surface area contributed by atoms with Gasteiger partial charge in [0.25, 0.3) is 0 Å². The van der Waals surface area contributed by atoms with Crippen LogP contribution in [0.3, 0.4) is 0 Å². The highest BCUT2D eigenvalue weighted by atomic mass is 32.1. The maximum Gasteiger partial charge on any atom is 0.328 e. The number of aliphatic hydroxyl groups excluding tert-OH is 1. The molecule has 0 radical (unpaired) electrons. The molecule has 0 heterocycles. The van der Waals surface area contributed by atoms with Crippen molar-refractivity contribution in [2.24, 2.45) is 5.73 Å². The molecule has 36 heavy (non-hydrogen) atoms. The van der Waals surface area contributed by atoms with E-state index in [0.717, 1.165) is 5.56 Å². The van der Waals surface area contributed by atoms with Gasteiger partial charge in [0.2, 0.25) is 17.7 Å². The molecule has 0 bridgehead atoms. The van der Waals surface area contributed by atoms with E-state index in [0.29, 0.717) is 5.56 Å². The van der Waals surface area contributed by atoms with Gasteiger partial charge >= 0.3 is 5.97 Å². The zero-order valence-electron chi connectivity index (χ0n) is 19.8. The van der Waals surface area contributed by atoms with Gasteiger partial charge < -0.3 is 31.9 Å². The Hall–Kier alpha value is -3.41. The van der Waals surface area contributed by atoms with Crippen LogP contribution in [0.15, 0.2) is 60.7 Å². The standard InChI is InChI=1S/C25H32N4O6S/c1-15(30)21(25(34)35)29-24(33)20(13-17-10-6-3-7-11-17)28-23(32)19(27-22(31)18(26)14-36)12-16-8-4-2-5-9-16/h2-11,15,18-21,30,36H,12-14,26H2,1H3,(H,27,31)(H,28,32)(H,29,33)(H,34,35). The van der Waals surface area contributed by atoms with Crippen LogP contribution in [0.5, 0.6) is 0 Å². The molecule has 5 atom stereocenters. The molecule has 11 heteroatoms. The van der Waals surface area contributed by atoms with E-state index in [-0.39, 0.29) is 18.6 Å². The summed E-state index contributed by atoms with van der Waals surface area (Å²) >= 11 is 4.02. The third-order valence-corrected chi connectivity index (χ3v) is 5.80. The van der Waals surface area contributed by atoms with E-state index in [1.165, 1.54) is 6.92 Å². The maximum atomic E-state index is 13.3. The van der Waals surface area contributed by atoms with Crippen molar-refractivity contribution in [2.45, 2.75) is 50.0 Å². The van der Waals surface area contributed by atoms with Crippen LogP contribution in [-0.2, 0) is 32.0 Å². The molecule has 0 saturated heterocycles. The van der Waals surface area contributed by atoms with Crippen LogP contribution in [0.1, 0.15) is 18.1 Å². The van der Waals surface area contributed by atoms with Crippen molar-refractivity contribution in [1.29, 1.82) is 0 Å². The lowest BCUT2D eigenvalue weighted by molar-refractivity contribution is -0.145. The zero-order chi connectivity index (χ0) is 26.7. The number of nitrogens with two attached hydrogens (primary N) is 1. The van der Waals surface area contributed by atoms with Crippen LogP contribution < -0.4 is 21.7 Å². The van der Waals surface area contributed by atoms with Crippen LogP contribution in [0.4, 0.5) is 0 Å². The molecule has 2 aromatic carbocycles. The fourth-order valence-corrected chi connectivity index (χ4v) is 3.56. The van der Waals surface area contributed by atoms with Gasteiger partial charge in [-0.25, -0.2) is 4.79 Å². The van der Waals surface area contributed by atoms with Crippen molar-refractivity contribution in [3.8, 4) is 0 Å². The largest absolute Gasteiger partial charge is 0.480 e. The van der Waals surface area contributed by atoms with Gasteiger partial charge in [-0.2, -0.15) is 12.6 Å². The maximum absolute atomic E-state index is 13.3. The molecule has 0 spiro atoms. The Kier molecular flexibility index (Phi) is 11.4. The zero-order valence-corrected chi connectivity index (χ0v) is 20.7. The van der Waals surface area contributed by atoms with Crippen molar-refractivity contribution in [3.05, 3.63) is 71.8 Å². The summed E-state index contributed by atoms with van der Waals surface area (Å²) in [6, 6.07) is 13.0. The number of aliphatic hydroxyl groups is 1. The topological polar surface area (TPSA) is 171 Å². The minimum atomic E-state index is -1.57. The molecule has 194 valence electrons. The fourth-order valence-electron chi connectivity index (χ4n) is 3.39. The Morgan fingerprint density at radius 1 is 0.806 bits per heavy atom. The normalized spacial score (nSPS) is 15.0. The van der Waals surface area contributed by atoms with Gasteiger partial charge in [-0.05, 0) is 18.1 Å². The first-order valence-corrected chi connectivity index (χ1v) is 12.0. The predicted molar refractivity (Wildman–Crippen MR) is 137 cm³/mol. The number of hydrogen-bond donors (Lipinski definition) is 7. The number of thiol groups is 1. The average Bonchev–Trinajstić information content (AvgIpc) is 2.86. The van der Waals surface area contributed by atoms with Crippen molar-refractivity contribution < 1.29 is 29.4 Å². The van der Waals surface area contributed by atoms with E-state index < -0.39 is 54.0 Å². The van der Waals surface area contributed by atoms with Crippen molar-refractivity contribution in [2.75, 3.05) is 5.75 Å². The number of hydrogen-bond acceptors (Lipinski definition) is 7. The molecule has 0 fully saturated rings. The summed E-state index contributed by atoms with van der Waals surface area (Å²) in [5.74, 6) is -3.38. The van der Waals surface area contributed by atoms with Gasteiger partial charge in [0.15, 0.2) is 6.04 Å². The van der Waals surface area contributed by atoms with Crippen LogP contribution in [0.25, 0.3) is 0 Å². The second-order valence-corrected chi connectivity index (χ2v) is 8.72. The molecule has 5 unspecified atom stereocenters. The summed E-state index contributed by atoms with van der Waals surface area (Å²) in [5.41, 5.74) is 7.23. The molecular formula is C25H32N4O6S.